The van der Waals surface area contributed by atoms with Gasteiger partial charge in [-0.15, -0.1) is 24.7 Å². The molecular weight excluding hydrogens is 392 g/mol. The fourth-order valence-electron chi connectivity index (χ4n) is 3.06. The van der Waals surface area contributed by atoms with Gasteiger partial charge in [-0.2, -0.15) is 0 Å². The number of allylic oxidation sites excluding steroid dienone is 3. The van der Waals surface area contributed by atoms with Gasteiger partial charge in [-0.3, -0.25) is 0 Å². The standard InChI is InChI=1S/C30H42O2/c1-3-29(31)27-25-23-21-19-17-15-13-11-9-7-5-6-8-10-12-14-16-18-20-22-24-26-28-30(32)4-2/h1-2,5-6,25,27,29-32H,7-8,13-24,26,28H2/b6-5+,27-25+. The maximum atomic E-state index is 9.27. The minimum Gasteiger partial charge on any atom is -0.380 e. The van der Waals surface area contributed by atoms with Crippen LogP contribution in [0.15, 0.2) is 24.3 Å². The van der Waals surface area contributed by atoms with Gasteiger partial charge < -0.3 is 10.2 Å². The average molecular weight is 435 g/mol. The van der Waals surface area contributed by atoms with E-state index in [2.05, 4.69) is 47.7 Å². The number of rotatable bonds is 17. The van der Waals surface area contributed by atoms with Crippen molar-refractivity contribution in [3.8, 4) is 48.4 Å². The molecule has 2 unspecified atom stereocenters. The zero-order chi connectivity index (χ0) is 23.5. The molecule has 2 N–H and O–H groups in total. The maximum absolute atomic E-state index is 9.27. The van der Waals surface area contributed by atoms with E-state index in [1.807, 2.05) is 6.08 Å². The van der Waals surface area contributed by atoms with Gasteiger partial charge in [-0.1, -0.05) is 80.4 Å². The van der Waals surface area contributed by atoms with Gasteiger partial charge in [0.15, 0.2) is 0 Å². The van der Waals surface area contributed by atoms with Gasteiger partial charge >= 0.3 is 0 Å². The van der Waals surface area contributed by atoms with E-state index in [9.17, 15) is 10.2 Å². The van der Waals surface area contributed by atoms with Crippen molar-refractivity contribution in [2.45, 2.75) is 115 Å². The average Bonchev–Trinajstić information content (AvgIpc) is 2.81. The first-order valence-electron chi connectivity index (χ1n) is 12.2. The minimum atomic E-state index is -0.745. The van der Waals surface area contributed by atoms with E-state index in [0.29, 0.717) is 0 Å². The molecule has 0 aromatic rings. The molecule has 0 rings (SSSR count). The van der Waals surface area contributed by atoms with E-state index in [4.69, 9.17) is 12.8 Å². The second kappa shape index (κ2) is 24.9. The highest BCUT2D eigenvalue weighted by Crippen LogP contribution is 2.09. The van der Waals surface area contributed by atoms with E-state index >= 15 is 0 Å². The molecule has 0 bridgehead atoms. The van der Waals surface area contributed by atoms with E-state index in [-0.39, 0.29) is 0 Å². The van der Waals surface area contributed by atoms with E-state index < -0.39 is 12.2 Å². The quantitative estimate of drug-likeness (QED) is 0.159. The molecule has 0 spiro atoms. The van der Waals surface area contributed by atoms with Crippen molar-refractivity contribution < 1.29 is 10.2 Å². The van der Waals surface area contributed by atoms with Gasteiger partial charge in [0.2, 0.25) is 0 Å². The van der Waals surface area contributed by atoms with Crippen molar-refractivity contribution in [2.75, 3.05) is 0 Å². The Hall–Kier alpha value is -2.36. The largest absolute Gasteiger partial charge is 0.380 e. The molecule has 32 heavy (non-hydrogen) atoms. The molecule has 2 nitrogen and oxygen atoms in total. The highest BCUT2D eigenvalue weighted by Gasteiger charge is 1.97. The van der Waals surface area contributed by atoms with Gasteiger partial charge in [0.25, 0.3) is 0 Å². The number of aliphatic hydroxyl groups excluding tert-OH is 2. The molecule has 0 fully saturated rings. The van der Waals surface area contributed by atoms with Crippen LogP contribution in [0, 0.1) is 48.4 Å². The Morgan fingerprint density at radius 2 is 1.12 bits per heavy atom. The van der Waals surface area contributed by atoms with Gasteiger partial charge in [0.05, 0.1) is 0 Å². The van der Waals surface area contributed by atoms with Crippen molar-refractivity contribution in [1.29, 1.82) is 0 Å². The predicted molar refractivity (Wildman–Crippen MR) is 137 cm³/mol. The molecule has 2 heteroatoms. The van der Waals surface area contributed by atoms with E-state index in [1.165, 1.54) is 38.5 Å². The number of aliphatic hydroxyl groups is 2. The highest BCUT2D eigenvalue weighted by molar-refractivity contribution is 5.09. The molecule has 0 aliphatic rings. The molecule has 174 valence electrons. The van der Waals surface area contributed by atoms with Crippen LogP contribution in [-0.2, 0) is 0 Å². The smallest absolute Gasteiger partial charge is 0.133 e. The minimum absolute atomic E-state index is 0.566. The fourth-order valence-corrected chi connectivity index (χ4v) is 3.06. The Kier molecular flexibility index (Phi) is 23.1. The SMILES string of the molecule is C#CC(O)/C=C/CCCCCCC#CC/C=C/CC#CCCCCCCCCC(O)C#C. The van der Waals surface area contributed by atoms with E-state index in [1.54, 1.807) is 6.08 Å². The van der Waals surface area contributed by atoms with E-state index in [0.717, 1.165) is 64.2 Å². The van der Waals surface area contributed by atoms with Crippen LogP contribution in [0.25, 0.3) is 0 Å². The summed E-state index contributed by atoms with van der Waals surface area (Å²) in [5.74, 6) is 17.5. The second-order valence-corrected chi connectivity index (χ2v) is 7.92. The summed E-state index contributed by atoms with van der Waals surface area (Å²) in [6.07, 6.45) is 33.7. The van der Waals surface area contributed by atoms with Crippen LogP contribution in [0.2, 0.25) is 0 Å². The summed E-state index contributed by atoms with van der Waals surface area (Å²) in [5, 5.41) is 18.5. The first kappa shape index (κ1) is 29.6. The topological polar surface area (TPSA) is 40.5 Å². The number of hydrogen-bond donors (Lipinski definition) is 2. The Morgan fingerprint density at radius 3 is 1.69 bits per heavy atom. The second-order valence-electron chi connectivity index (χ2n) is 7.92. The molecule has 0 heterocycles. The fraction of sp³-hybridized carbons (Fsp3) is 0.600. The summed E-state index contributed by atoms with van der Waals surface area (Å²) >= 11 is 0. The normalized spacial score (nSPS) is 12.4. The number of unbranched alkanes of at least 4 members (excludes halogenated alkanes) is 11. The lowest BCUT2D eigenvalue weighted by Gasteiger charge is -2.02. The summed E-state index contributed by atoms with van der Waals surface area (Å²) in [5.41, 5.74) is 0. The summed E-state index contributed by atoms with van der Waals surface area (Å²) in [7, 11) is 0. The Morgan fingerprint density at radius 1 is 0.594 bits per heavy atom. The van der Waals surface area contributed by atoms with Crippen LogP contribution >= 0.6 is 0 Å². The third-order valence-corrected chi connectivity index (χ3v) is 4.99. The van der Waals surface area contributed by atoms with Crippen molar-refractivity contribution in [3.05, 3.63) is 24.3 Å². The summed E-state index contributed by atoms with van der Waals surface area (Å²) in [6, 6.07) is 0. The molecule has 0 aliphatic carbocycles. The molecular formula is C30H42O2. The van der Waals surface area contributed by atoms with Gasteiger partial charge in [0, 0.05) is 25.7 Å². The molecule has 0 amide bonds. The highest BCUT2D eigenvalue weighted by atomic mass is 16.3. The van der Waals surface area contributed by atoms with Crippen LogP contribution in [0.3, 0.4) is 0 Å². The number of terminal acetylenes is 2. The Labute approximate surface area is 198 Å². The monoisotopic (exact) mass is 434 g/mol. The Balaban J connectivity index is 3.41. The predicted octanol–water partition coefficient (Wildman–Crippen LogP) is 6.34. The molecule has 0 saturated carbocycles. The molecule has 0 saturated heterocycles. The van der Waals surface area contributed by atoms with Crippen molar-refractivity contribution in [2.24, 2.45) is 0 Å². The van der Waals surface area contributed by atoms with Crippen LogP contribution in [-0.4, -0.2) is 22.4 Å². The molecule has 0 aromatic carbocycles. The molecule has 0 aromatic heterocycles. The first-order chi connectivity index (χ1) is 15.7. The summed E-state index contributed by atoms with van der Waals surface area (Å²) in [6.45, 7) is 0. The number of hydrogen-bond acceptors (Lipinski definition) is 2. The summed E-state index contributed by atoms with van der Waals surface area (Å²) < 4.78 is 0. The lowest BCUT2D eigenvalue weighted by molar-refractivity contribution is 0.217. The van der Waals surface area contributed by atoms with Crippen LogP contribution in [0.4, 0.5) is 0 Å². The van der Waals surface area contributed by atoms with Gasteiger partial charge in [-0.05, 0) is 44.6 Å². The third kappa shape index (κ3) is 23.9. The van der Waals surface area contributed by atoms with Crippen molar-refractivity contribution >= 4 is 0 Å². The lowest BCUT2D eigenvalue weighted by Crippen LogP contribution is -2.01. The van der Waals surface area contributed by atoms with Gasteiger partial charge in [0.1, 0.15) is 12.2 Å². The van der Waals surface area contributed by atoms with Crippen molar-refractivity contribution in [3.63, 3.8) is 0 Å². The lowest BCUT2D eigenvalue weighted by atomic mass is 10.1. The van der Waals surface area contributed by atoms with Gasteiger partial charge in [-0.25, -0.2) is 0 Å². The third-order valence-electron chi connectivity index (χ3n) is 4.99. The Bertz CT molecular complexity index is 694. The zero-order valence-corrected chi connectivity index (χ0v) is 19.8. The summed E-state index contributed by atoms with van der Waals surface area (Å²) in [4.78, 5) is 0. The van der Waals surface area contributed by atoms with Crippen LogP contribution < -0.4 is 0 Å². The molecule has 0 radical (unpaired) electrons. The molecule has 2 atom stereocenters. The zero-order valence-electron chi connectivity index (χ0n) is 19.8. The van der Waals surface area contributed by atoms with Crippen molar-refractivity contribution in [1.82, 2.24) is 0 Å². The first-order valence-corrected chi connectivity index (χ1v) is 12.2. The maximum Gasteiger partial charge on any atom is 0.133 e. The molecule has 0 aliphatic heterocycles. The van der Waals surface area contributed by atoms with Crippen LogP contribution in [0.1, 0.15) is 103 Å². The van der Waals surface area contributed by atoms with Crippen LogP contribution in [0.5, 0.6) is 0 Å².